The van der Waals surface area contributed by atoms with Crippen molar-refractivity contribution in [1.29, 1.82) is 0 Å². The molecule has 0 atom stereocenters. The first-order valence-electron chi connectivity index (χ1n) is 17.1. The van der Waals surface area contributed by atoms with Crippen LogP contribution in [0.1, 0.15) is 33.3 Å². The lowest BCUT2D eigenvalue weighted by molar-refractivity contribution is -0.137. The van der Waals surface area contributed by atoms with Gasteiger partial charge in [-0.2, -0.15) is 13.2 Å². The molecule has 1 saturated heterocycles. The van der Waals surface area contributed by atoms with Crippen molar-refractivity contribution in [2.24, 2.45) is 0 Å². The molecule has 1 aromatic heterocycles. The van der Waals surface area contributed by atoms with E-state index < -0.39 is 23.5 Å². The smallest absolute Gasteiger partial charge is 0.418 e. The number of hydrogen-bond donors (Lipinski definition) is 2. The number of carbonyl (C=O) groups excluding carboxylic acids is 2. The Bertz CT molecular complexity index is 2060. The number of thioether (sulfide) groups is 1. The second-order valence-corrected chi connectivity index (χ2v) is 14.1. The molecule has 0 bridgehead atoms. The van der Waals surface area contributed by atoms with Crippen LogP contribution in [-0.4, -0.2) is 72.0 Å². The maximum absolute atomic E-state index is 15.1. The molecule has 2 amide bonds. The number of carbonyl (C=O) groups is 2. The van der Waals surface area contributed by atoms with E-state index in [1.807, 2.05) is 42.2 Å². The molecule has 2 heterocycles. The molecule has 0 aliphatic carbocycles. The van der Waals surface area contributed by atoms with Crippen molar-refractivity contribution in [3.05, 3.63) is 126 Å². The summed E-state index contributed by atoms with van der Waals surface area (Å²) in [4.78, 5) is 30.8. The first-order valence-corrected chi connectivity index (χ1v) is 18.9. The average Bonchev–Trinajstić information content (AvgIpc) is 3.19. The number of nitrogens with zero attached hydrogens (tertiary/aromatic N) is 4. The topological polar surface area (TPSA) is 99.7 Å². The third-order valence-corrected chi connectivity index (χ3v) is 10.2. The lowest BCUT2D eigenvalue weighted by Gasteiger charge is -2.35. The Morgan fingerprint density at radius 2 is 1.65 bits per heavy atom. The van der Waals surface area contributed by atoms with Gasteiger partial charge in [-0.05, 0) is 91.2 Å². The van der Waals surface area contributed by atoms with Crippen molar-refractivity contribution in [1.82, 2.24) is 19.8 Å². The van der Waals surface area contributed by atoms with E-state index in [-0.39, 0.29) is 27.7 Å². The standard InChI is InChI=1S/C39H36F4N6O3S2/c1-2-52-28-8-6-7-26(23-28)31-13-11-27(24-33(31)40)38(51)49-20-18-48(19-21-49)36-16-15-35(45-46-36)37(50)47-54-30-12-14-34(32(25-30)39(41,42)43)44-17-22-53-29-9-4-3-5-10-29/h3-16,23-25,44H,2,17-22H2,1H3,(H,47,50). The number of nitrogens with one attached hydrogen (secondary N) is 2. The minimum atomic E-state index is -4.60. The predicted molar refractivity (Wildman–Crippen MR) is 204 cm³/mol. The van der Waals surface area contributed by atoms with Crippen LogP contribution >= 0.6 is 23.7 Å². The number of anilines is 2. The quantitative estimate of drug-likeness (QED) is 0.0530. The van der Waals surface area contributed by atoms with E-state index in [9.17, 15) is 22.8 Å². The molecule has 1 aliphatic rings. The number of hydrogen-bond acceptors (Lipinski definition) is 9. The number of halogens is 4. The summed E-state index contributed by atoms with van der Waals surface area (Å²) in [6.07, 6.45) is -4.60. The summed E-state index contributed by atoms with van der Waals surface area (Å²) in [6.45, 7) is 4.29. The van der Waals surface area contributed by atoms with Gasteiger partial charge in [-0.15, -0.1) is 22.0 Å². The van der Waals surface area contributed by atoms with E-state index in [1.165, 1.54) is 36.0 Å². The lowest BCUT2D eigenvalue weighted by atomic mass is 10.0. The fourth-order valence-corrected chi connectivity index (χ4v) is 7.16. The number of benzene rings is 4. The molecule has 0 saturated carbocycles. The molecule has 0 radical (unpaired) electrons. The van der Waals surface area contributed by atoms with Crippen molar-refractivity contribution in [2.75, 3.05) is 55.3 Å². The molecule has 54 heavy (non-hydrogen) atoms. The van der Waals surface area contributed by atoms with Crippen molar-refractivity contribution in [3.8, 4) is 16.9 Å². The van der Waals surface area contributed by atoms with Crippen LogP contribution in [0, 0.1) is 5.82 Å². The normalized spacial score (nSPS) is 13.1. The van der Waals surface area contributed by atoms with Crippen LogP contribution in [-0.2, 0) is 6.18 Å². The Kier molecular flexibility index (Phi) is 12.6. The molecule has 0 unspecified atom stereocenters. The first-order chi connectivity index (χ1) is 26.1. The van der Waals surface area contributed by atoms with Crippen LogP contribution < -0.4 is 19.7 Å². The highest BCUT2D eigenvalue weighted by Gasteiger charge is 2.34. The molecule has 4 aromatic carbocycles. The fourth-order valence-electron chi connectivity index (χ4n) is 5.74. The Hall–Kier alpha value is -5.28. The predicted octanol–water partition coefficient (Wildman–Crippen LogP) is 8.30. The Labute approximate surface area is 318 Å². The summed E-state index contributed by atoms with van der Waals surface area (Å²) in [6, 6.07) is 28.1. The Balaban J connectivity index is 0.989. The third-order valence-electron chi connectivity index (χ3n) is 8.43. The summed E-state index contributed by atoms with van der Waals surface area (Å²) in [5.74, 6) is 0.292. The molecular formula is C39H36F4N6O3S2. The zero-order chi connectivity index (χ0) is 38.1. The number of piperazine rings is 1. The van der Waals surface area contributed by atoms with E-state index in [0.717, 1.165) is 22.9 Å². The number of ether oxygens (including phenoxy) is 1. The monoisotopic (exact) mass is 776 g/mol. The third kappa shape index (κ3) is 9.82. The molecule has 6 rings (SSSR count). The van der Waals surface area contributed by atoms with Crippen LogP contribution in [0.3, 0.4) is 0 Å². The van der Waals surface area contributed by atoms with Gasteiger partial charge in [0, 0.05) is 65.1 Å². The zero-order valence-electron chi connectivity index (χ0n) is 29.1. The van der Waals surface area contributed by atoms with Gasteiger partial charge in [0.2, 0.25) is 0 Å². The molecule has 280 valence electrons. The van der Waals surface area contributed by atoms with E-state index >= 15 is 4.39 Å². The fraction of sp³-hybridized carbons (Fsp3) is 0.231. The summed E-state index contributed by atoms with van der Waals surface area (Å²) >= 11 is 2.29. The van der Waals surface area contributed by atoms with Crippen molar-refractivity contribution in [2.45, 2.75) is 22.9 Å². The summed E-state index contributed by atoms with van der Waals surface area (Å²) in [7, 11) is 0. The molecule has 1 aliphatic heterocycles. The van der Waals surface area contributed by atoms with Gasteiger partial charge in [-0.25, -0.2) is 4.39 Å². The zero-order valence-corrected chi connectivity index (χ0v) is 30.7. The van der Waals surface area contributed by atoms with E-state index in [1.54, 1.807) is 47.4 Å². The highest BCUT2D eigenvalue weighted by atomic mass is 32.2. The van der Waals surface area contributed by atoms with E-state index in [2.05, 4.69) is 20.2 Å². The van der Waals surface area contributed by atoms with Gasteiger partial charge in [0.05, 0.1) is 12.2 Å². The van der Waals surface area contributed by atoms with Gasteiger partial charge in [0.15, 0.2) is 11.5 Å². The summed E-state index contributed by atoms with van der Waals surface area (Å²) < 4.78 is 64.9. The minimum Gasteiger partial charge on any atom is -0.494 e. The molecular weight excluding hydrogens is 741 g/mol. The van der Waals surface area contributed by atoms with Crippen molar-refractivity contribution in [3.63, 3.8) is 0 Å². The van der Waals surface area contributed by atoms with Crippen LogP contribution in [0.5, 0.6) is 5.75 Å². The lowest BCUT2D eigenvalue weighted by Crippen LogP contribution is -2.49. The van der Waals surface area contributed by atoms with Crippen LogP contribution in [0.25, 0.3) is 11.1 Å². The van der Waals surface area contributed by atoms with Crippen molar-refractivity contribution < 1.29 is 31.9 Å². The Morgan fingerprint density at radius 3 is 2.35 bits per heavy atom. The van der Waals surface area contributed by atoms with E-state index in [0.29, 0.717) is 67.8 Å². The van der Waals surface area contributed by atoms with E-state index in [4.69, 9.17) is 4.74 Å². The van der Waals surface area contributed by atoms with Crippen LogP contribution in [0.4, 0.5) is 29.1 Å². The van der Waals surface area contributed by atoms with Crippen LogP contribution in [0.15, 0.2) is 113 Å². The second-order valence-electron chi connectivity index (χ2n) is 12.0. The van der Waals surface area contributed by atoms with Gasteiger partial charge >= 0.3 is 6.18 Å². The molecule has 9 nitrogen and oxygen atoms in total. The summed E-state index contributed by atoms with van der Waals surface area (Å²) in [5.41, 5.74) is 0.381. The first kappa shape index (κ1) is 38.4. The SMILES string of the molecule is CCOc1cccc(-c2ccc(C(=O)N3CCN(c4ccc(C(=O)NSc5ccc(NCCSc6ccccc6)c(C(F)(F)F)c5)nn4)CC3)cc2F)c1. The van der Waals surface area contributed by atoms with Gasteiger partial charge in [0.25, 0.3) is 11.8 Å². The number of aromatic nitrogens is 2. The van der Waals surface area contributed by atoms with Crippen LogP contribution in [0.2, 0.25) is 0 Å². The highest BCUT2D eigenvalue weighted by Crippen LogP contribution is 2.37. The van der Waals surface area contributed by atoms with Crippen molar-refractivity contribution >= 4 is 47.0 Å². The molecule has 1 fully saturated rings. The number of rotatable bonds is 13. The highest BCUT2D eigenvalue weighted by molar-refractivity contribution is 7.99. The maximum Gasteiger partial charge on any atom is 0.418 e. The molecule has 15 heteroatoms. The largest absolute Gasteiger partial charge is 0.494 e. The van der Waals surface area contributed by atoms with Gasteiger partial charge in [0.1, 0.15) is 11.6 Å². The van der Waals surface area contributed by atoms with Gasteiger partial charge in [-0.3, -0.25) is 14.3 Å². The molecule has 5 aromatic rings. The number of alkyl halides is 3. The molecule has 0 spiro atoms. The second kappa shape index (κ2) is 17.7. The van der Waals surface area contributed by atoms with Gasteiger partial charge in [-0.1, -0.05) is 36.4 Å². The Morgan fingerprint density at radius 1 is 0.852 bits per heavy atom. The van der Waals surface area contributed by atoms with Gasteiger partial charge < -0.3 is 19.9 Å². The average molecular weight is 777 g/mol. The summed E-state index contributed by atoms with van der Waals surface area (Å²) in [5, 5.41) is 11.1. The maximum atomic E-state index is 15.1. The molecule has 2 N–H and O–H groups in total. The minimum absolute atomic E-state index is 0.0135. The number of amides is 2.